The number of aryl methyl sites for hydroxylation is 2. The van der Waals surface area contributed by atoms with Crippen LogP contribution in [0.15, 0.2) is 48.5 Å². The number of nitrogens with one attached hydrogen (secondary N) is 2. The molecular formula is C27H37N3O2. The van der Waals surface area contributed by atoms with Gasteiger partial charge >= 0.3 is 0 Å². The number of hydrogen-bond donors (Lipinski definition) is 2. The van der Waals surface area contributed by atoms with Gasteiger partial charge < -0.3 is 15.5 Å². The van der Waals surface area contributed by atoms with Crippen molar-refractivity contribution in [1.29, 1.82) is 0 Å². The van der Waals surface area contributed by atoms with Gasteiger partial charge in [-0.15, -0.1) is 0 Å². The first kappa shape index (κ1) is 22.5. The Morgan fingerprint density at radius 1 is 1.06 bits per heavy atom. The maximum absolute atomic E-state index is 13.2. The van der Waals surface area contributed by atoms with Gasteiger partial charge in [-0.2, -0.15) is 0 Å². The summed E-state index contributed by atoms with van der Waals surface area (Å²) in [6.45, 7) is 3.76. The molecule has 2 heterocycles. The summed E-state index contributed by atoms with van der Waals surface area (Å²) in [6, 6.07) is 16.9. The van der Waals surface area contributed by atoms with E-state index in [9.17, 15) is 9.59 Å². The van der Waals surface area contributed by atoms with Crippen molar-refractivity contribution in [2.24, 2.45) is 0 Å². The van der Waals surface area contributed by atoms with Crippen molar-refractivity contribution < 1.29 is 11.0 Å². The minimum Gasteiger partial charge on any atom is -0.359 e. The number of para-hydroxylation sites is 1. The first-order valence-electron chi connectivity index (χ1n) is 12.0. The number of carbonyl (C=O) groups is 2. The van der Waals surface area contributed by atoms with E-state index in [-0.39, 0.29) is 25.7 Å². The first-order chi connectivity index (χ1) is 15.5. The molecule has 0 saturated carbocycles. The number of carbonyl (C=O) groups excluding carboxylic acids is 2. The highest BCUT2D eigenvalue weighted by molar-refractivity contribution is 6.10. The molecule has 2 aromatic carbocycles. The van der Waals surface area contributed by atoms with Crippen molar-refractivity contribution in [2.75, 3.05) is 25.0 Å². The molecule has 0 radical (unpaired) electrons. The van der Waals surface area contributed by atoms with Gasteiger partial charge in [-0.1, -0.05) is 42.5 Å². The van der Waals surface area contributed by atoms with Crippen LogP contribution in [0.5, 0.6) is 0 Å². The van der Waals surface area contributed by atoms with Crippen molar-refractivity contribution in [3.05, 3.63) is 65.2 Å². The molecule has 1 atom stereocenters. The average molecular weight is 436 g/mol. The molecule has 172 valence electrons. The lowest BCUT2D eigenvalue weighted by molar-refractivity contribution is -0.129. The van der Waals surface area contributed by atoms with E-state index in [1.165, 1.54) is 25.7 Å². The number of nitrogens with zero attached hydrogens (tertiary/aromatic N) is 1. The lowest BCUT2D eigenvalue weighted by atomic mass is 9.80. The van der Waals surface area contributed by atoms with E-state index in [0.717, 1.165) is 37.2 Å². The molecule has 2 aromatic rings. The van der Waals surface area contributed by atoms with E-state index in [0.29, 0.717) is 0 Å². The predicted octanol–water partition coefficient (Wildman–Crippen LogP) is 3.99. The van der Waals surface area contributed by atoms with Crippen LogP contribution in [0.2, 0.25) is 0 Å². The average Bonchev–Trinajstić information content (AvgIpc) is 3.06. The van der Waals surface area contributed by atoms with Gasteiger partial charge in [-0.25, -0.2) is 0 Å². The van der Waals surface area contributed by atoms with E-state index in [1.807, 2.05) is 36.1 Å². The molecule has 32 heavy (non-hydrogen) atoms. The normalized spacial score (nSPS) is 22.4. The second kappa shape index (κ2) is 9.86. The second-order valence-electron chi connectivity index (χ2n) is 9.33. The third kappa shape index (κ3) is 4.44. The molecule has 1 saturated heterocycles. The quantitative estimate of drug-likeness (QED) is 0.766. The summed E-state index contributed by atoms with van der Waals surface area (Å²) in [4.78, 5) is 27.0. The number of piperidine rings is 1. The molecule has 5 nitrogen and oxygen atoms in total. The Morgan fingerprint density at radius 3 is 2.28 bits per heavy atom. The molecule has 0 bridgehead atoms. The van der Waals surface area contributed by atoms with Crippen LogP contribution in [0.4, 0.5) is 5.69 Å². The zero-order valence-corrected chi connectivity index (χ0v) is 19.3. The van der Waals surface area contributed by atoms with Gasteiger partial charge in [0.15, 0.2) is 0 Å². The molecule has 0 spiro atoms. The van der Waals surface area contributed by atoms with E-state index >= 15 is 0 Å². The highest BCUT2D eigenvalue weighted by Crippen LogP contribution is 2.45. The first-order valence-corrected chi connectivity index (χ1v) is 12.0. The van der Waals surface area contributed by atoms with Crippen LogP contribution in [-0.4, -0.2) is 38.0 Å². The molecule has 1 aliphatic carbocycles. The van der Waals surface area contributed by atoms with Gasteiger partial charge in [0, 0.05) is 26.6 Å². The summed E-state index contributed by atoms with van der Waals surface area (Å²) >= 11 is 0. The fourth-order valence-corrected chi connectivity index (χ4v) is 5.32. The Hall–Kier alpha value is -2.66. The fourth-order valence-electron chi connectivity index (χ4n) is 5.32. The highest BCUT2D eigenvalue weighted by atomic mass is 16.2. The second-order valence-corrected chi connectivity index (χ2v) is 9.33. The summed E-state index contributed by atoms with van der Waals surface area (Å²) in [7, 11) is 1.61. The molecule has 5 heteroatoms. The Bertz CT molecular complexity index is 948. The minimum atomic E-state index is -0.762. The topological polar surface area (TPSA) is 61.4 Å². The molecule has 3 aliphatic rings. The largest absolute Gasteiger partial charge is 0.359 e. The van der Waals surface area contributed by atoms with Crippen LogP contribution in [0.25, 0.3) is 0 Å². The van der Waals surface area contributed by atoms with Gasteiger partial charge in [0.2, 0.25) is 11.8 Å². The van der Waals surface area contributed by atoms with Gasteiger partial charge in [0.1, 0.15) is 0 Å². The Balaban J connectivity index is 0.000000233. The summed E-state index contributed by atoms with van der Waals surface area (Å²) in [5, 5.41) is 5.98. The molecule has 0 unspecified atom stereocenters. The Kier molecular flexibility index (Phi) is 6.95. The van der Waals surface area contributed by atoms with Gasteiger partial charge in [-0.3, -0.25) is 9.59 Å². The van der Waals surface area contributed by atoms with E-state index < -0.39 is 5.41 Å². The van der Waals surface area contributed by atoms with E-state index in [4.69, 9.17) is 0 Å². The van der Waals surface area contributed by atoms with E-state index in [2.05, 4.69) is 34.9 Å². The number of rotatable bonds is 3. The fraction of sp³-hybridized carbons (Fsp3) is 0.481. The monoisotopic (exact) mass is 435 g/mol. The van der Waals surface area contributed by atoms with Crippen LogP contribution in [0.1, 0.15) is 57.1 Å². The maximum atomic E-state index is 13.2. The summed E-state index contributed by atoms with van der Waals surface area (Å²) in [6.07, 6.45) is 7.48. The van der Waals surface area contributed by atoms with Crippen LogP contribution >= 0.6 is 0 Å². The number of hydrogen-bond acceptors (Lipinski definition) is 3. The van der Waals surface area contributed by atoms with Crippen LogP contribution in [0, 0.1) is 0 Å². The number of amides is 2. The predicted molar refractivity (Wildman–Crippen MR) is 131 cm³/mol. The summed E-state index contributed by atoms with van der Waals surface area (Å²) in [5.74, 6) is -0.0398. The summed E-state index contributed by atoms with van der Waals surface area (Å²) < 4.78 is 0. The Labute approximate surface area is 193 Å². The van der Waals surface area contributed by atoms with Crippen molar-refractivity contribution in [2.45, 2.75) is 63.3 Å². The van der Waals surface area contributed by atoms with Crippen molar-refractivity contribution in [3.8, 4) is 0 Å². The van der Waals surface area contributed by atoms with E-state index in [1.54, 1.807) is 18.2 Å². The lowest BCUT2D eigenvalue weighted by Crippen LogP contribution is -2.49. The molecule has 2 aliphatic heterocycles. The summed E-state index contributed by atoms with van der Waals surface area (Å²) in [5.41, 5.74) is 4.34. The highest BCUT2D eigenvalue weighted by Gasteiger charge is 2.50. The number of benzene rings is 2. The molecule has 1 fully saturated rings. The van der Waals surface area contributed by atoms with Crippen LogP contribution in [0.3, 0.4) is 0 Å². The lowest BCUT2D eigenvalue weighted by Gasteiger charge is -2.33. The molecular weight excluding hydrogens is 398 g/mol. The SMILES string of the molecule is CNC(=O)C[C@]1(C)C(=O)N(C2CCNCC2)c2ccccc21.[HH].c1ccc2c(c1)CCCC2. The third-order valence-corrected chi connectivity index (χ3v) is 7.18. The minimum absolute atomic E-state index is 0. The van der Waals surface area contributed by atoms with Crippen molar-refractivity contribution in [3.63, 3.8) is 0 Å². The number of fused-ring (bicyclic) bond motifs is 2. The molecule has 2 amide bonds. The van der Waals surface area contributed by atoms with Gasteiger partial charge in [0.05, 0.1) is 5.41 Å². The smallest absolute Gasteiger partial charge is 0.238 e. The Morgan fingerprint density at radius 2 is 1.66 bits per heavy atom. The van der Waals surface area contributed by atoms with Gasteiger partial charge in [-0.05, 0) is 81.3 Å². The van der Waals surface area contributed by atoms with Crippen LogP contribution < -0.4 is 15.5 Å². The standard InChI is InChI=1S/C17H23N3O2.C10H12.H2/c1-17(11-15(21)18-2)13-5-3-4-6-14(13)20(16(17)22)12-7-9-19-10-8-12;1-2-6-10-8-4-3-7-9(10)5-1;/h3-6,12,19H,7-11H2,1-2H3,(H,18,21);1-2,5-6H,3-4,7-8H2;1H/t17-;;/m0../s1. The number of anilines is 1. The molecule has 5 rings (SSSR count). The molecule has 2 N–H and O–H groups in total. The molecule has 0 aromatic heterocycles. The third-order valence-electron chi connectivity index (χ3n) is 7.18. The maximum Gasteiger partial charge on any atom is 0.238 e. The van der Waals surface area contributed by atoms with Crippen molar-refractivity contribution in [1.82, 2.24) is 10.6 Å². The zero-order chi connectivity index (χ0) is 22.6. The van der Waals surface area contributed by atoms with Crippen molar-refractivity contribution >= 4 is 17.5 Å². The van der Waals surface area contributed by atoms with Gasteiger partial charge in [0.25, 0.3) is 0 Å². The van der Waals surface area contributed by atoms with Crippen LogP contribution in [-0.2, 0) is 27.8 Å². The zero-order valence-electron chi connectivity index (χ0n) is 19.3.